The molecule has 1 aliphatic rings. The average Bonchev–Trinajstić information content (AvgIpc) is 3.24. The molecule has 12 heteroatoms. The van der Waals surface area contributed by atoms with Gasteiger partial charge >= 0.3 is 18.0 Å². The lowest BCUT2D eigenvalue weighted by Crippen LogP contribution is -2.42. The second kappa shape index (κ2) is 12.4. The molecule has 0 bridgehead atoms. The number of anilines is 2. The van der Waals surface area contributed by atoms with Crippen LogP contribution in [-0.4, -0.2) is 59.3 Å². The number of piperidine rings is 1. The van der Waals surface area contributed by atoms with E-state index in [2.05, 4.69) is 10.6 Å². The van der Waals surface area contributed by atoms with Crippen LogP contribution in [0.5, 0.6) is 5.75 Å². The number of likely N-dealkylation sites (tertiary alicyclic amines) is 1. The van der Waals surface area contributed by atoms with Crippen LogP contribution in [0.3, 0.4) is 0 Å². The second-order valence-electron chi connectivity index (χ2n) is 8.69. The van der Waals surface area contributed by atoms with Crippen molar-refractivity contribution < 1.29 is 29.3 Å². The van der Waals surface area contributed by atoms with E-state index in [-0.39, 0.29) is 21.7 Å². The minimum atomic E-state index is -1.25. The molecule has 200 valence electrons. The Balaban J connectivity index is 1.35. The van der Waals surface area contributed by atoms with E-state index < -0.39 is 18.5 Å². The first-order chi connectivity index (χ1) is 18.2. The Bertz CT molecular complexity index is 1340. The number of rotatable bonds is 9. The number of thiophene rings is 1. The largest absolute Gasteiger partial charge is 0.479 e. The normalized spacial score (nSPS) is 13.7. The summed E-state index contributed by atoms with van der Waals surface area (Å²) in [7, 11) is 0. The topological polar surface area (TPSA) is 128 Å². The van der Waals surface area contributed by atoms with Gasteiger partial charge in [0.15, 0.2) is 17.2 Å². The highest BCUT2D eigenvalue weighted by atomic mass is 35.5. The number of aliphatic carboxylic acids is 1. The lowest BCUT2D eigenvalue weighted by atomic mass is 9.97. The highest BCUT2D eigenvalue weighted by Crippen LogP contribution is 2.46. The number of benzene rings is 2. The van der Waals surface area contributed by atoms with E-state index in [9.17, 15) is 19.5 Å². The Morgan fingerprint density at radius 2 is 1.79 bits per heavy atom. The Hall–Kier alpha value is -3.47. The van der Waals surface area contributed by atoms with Gasteiger partial charge in [-0.15, -0.1) is 11.3 Å². The van der Waals surface area contributed by atoms with Crippen molar-refractivity contribution in [1.82, 2.24) is 4.90 Å². The van der Waals surface area contributed by atoms with E-state index in [0.29, 0.717) is 46.7 Å². The van der Waals surface area contributed by atoms with E-state index in [1.807, 2.05) is 30.3 Å². The van der Waals surface area contributed by atoms with Gasteiger partial charge in [-0.2, -0.15) is 0 Å². The zero-order valence-corrected chi connectivity index (χ0v) is 22.4. The van der Waals surface area contributed by atoms with Crippen molar-refractivity contribution in [3.05, 3.63) is 63.5 Å². The first kappa shape index (κ1) is 27.6. The van der Waals surface area contributed by atoms with Crippen LogP contribution in [0.2, 0.25) is 10.0 Å². The number of nitrogens with zero attached hydrogens (tertiary/aromatic N) is 1. The van der Waals surface area contributed by atoms with Gasteiger partial charge < -0.3 is 30.5 Å². The summed E-state index contributed by atoms with van der Waals surface area (Å²) in [5.74, 6) is -2.26. The molecule has 38 heavy (non-hydrogen) atoms. The lowest BCUT2D eigenvalue weighted by Gasteiger charge is -2.32. The molecular formula is C26H25Cl2N3O6S. The van der Waals surface area contributed by atoms with Crippen LogP contribution in [0.25, 0.3) is 10.4 Å². The summed E-state index contributed by atoms with van der Waals surface area (Å²) in [4.78, 5) is 37.2. The van der Waals surface area contributed by atoms with Gasteiger partial charge in [-0.25, -0.2) is 14.4 Å². The van der Waals surface area contributed by atoms with E-state index >= 15 is 0 Å². The number of halogens is 2. The number of carboxylic acid groups (broad SMARTS) is 2. The molecule has 2 heterocycles. The number of ether oxygens (including phenoxy) is 1. The third-order valence-electron chi connectivity index (χ3n) is 6.08. The summed E-state index contributed by atoms with van der Waals surface area (Å²) < 4.78 is 5.16. The van der Waals surface area contributed by atoms with Crippen molar-refractivity contribution in [2.75, 3.05) is 36.9 Å². The van der Waals surface area contributed by atoms with Crippen molar-refractivity contribution in [2.24, 2.45) is 5.92 Å². The molecule has 1 saturated heterocycles. The maximum atomic E-state index is 12.6. The van der Waals surface area contributed by atoms with Gasteiger partial charge in [0.2, 0.25) is 0 Å². The van der Waals surface area contributed by atoms with Gasteiger partial charge in [-0.05, 0) is 48.6 Å². The predicted octanol–water partition coefficient (Wildman–Crippen LogP) is 6.24. The van der Waals surface area contributed by atoms with Crippen LogP contribution in [0.1, 0.15) is 22.5 Å². The third kappa shape index (κ3) is 6.69. The van der Waals surface area contributed by atoms with Crippen LogP contribution in [0.4, 0.5) is 16.2 Å². The van der Waals surface area contributed by atoms with E-state index in [4.69, 9.17) is 33.0 Å². The van der Waals surface area contributed by atoms with Crippen molar-refractivity contribution in [3.63, 3.8) is 0 Å². The summed E-state index contributed by atoms with van der Waals surface area (Å²) in [6.07, 6.45) is 1.68. The smallest absolute Gasteiger partial charge is 0.349 e. The number of nitrogens with one attached hydrogen (secondary N) is 2. The summed E-state index contributed by atoms with van der Waals surface area (Å²) in [5, 5.41) is 25.2. The Morgan fingerprint density at radius 3 is 2.47 bits per heavy atom. The molecule has 0 unspecified atom stereocenters. The summed E-state index contributed by atoms with van der Waals surface area (Å²) >= 11 is 13.5. The van der Waals surface area contributed by atoms with Gasteiger partial charge in [0.25, 0.3) is 0 Å². The number of aromatic carboxylic acids is 1. The quantitative estimate of drug-likeness (QED) is 0.237. The fraction of sp³-hybridized carbons (Fsp3) is 0.269. The molecule has 2 amide bonds. The zero-order valence-electron chi connectivity index (χ0n) is 20.1. The minimum absolute atomic E-state index is 0.0632. The summed E-state index contributed by atoms with van der Waals surface area (Å²) in [6.45, 7) is 1.27. The molecule has 2 aromatic carbocycles. The van der Waals surface area contributed by atoms with Gasteiger partial charge in [-0.1, -0.05) is 47.5 Å². The molecular weight excluding hydrogens is 553 g/mol. The van der Waals surface area contributed by atoms with Crippen LogP contribution in [0, 0.1) is 5.92 Å². The molecule has 0 saturated carbocycles. The highest BCUT2D eigenvalue weighted by Gasteiger charge is 2.25. The molecule has 3 aromatic rings. The number of urea groups is 1. The van der Waals surface area contributed by atoms with Crippen molar-refractivity contribution in [3.8, 4) is 16.2 Å². The van der Waals surface area contributed by atoms with Crippen molar-refractivity contribution in [1.29, 1.82) is 0 Å². The maximum absolute atomic E-state index is 12.6. The Morgan fingerprint density at radius 1 is 1.05 bits per heavy atom. The van der Waals surface area contributed by atoms with E-state index in [1.165, 1.54) is 0 Å². The molecule has 1 aliphatic heterocycles. The van der Waals surface area contributed by atoms with Crippen molar-refractivity contribution in [2.45, 2.75) is 12.8 Å². The van der Waals surface area contributed by atoms with Gasteiger partial charge in [0.05, 0.1) is 15.6 Å². The number of hydrogen-bond donors (Lipinski definition) is 4. The molecule has 9 nitrogen and oxygen atoms in total. The number of carboxylic acids is 2. The first-order valence-corrected chi connectivity index (χ1v) is 13.3. The van der Waals surface area contributed by atoms with Crippen molar-refractivity contribution >= 4 is 63.9 Å². The van der Waals surface area contributed by atoms with Gasteiger partial charge in [0, 0.05) is 25.3 Å². The number of amides is 2. The molecule has 0 radical (unpaired) electrons. The molecule has 0 spiro atoms. The van der Waals surface area contributed by atoms with Crippen LogP contribution >= 0.6 is 34.5 Å². The molecule has 4 N–H and O–H groups in total. The fourth-order valence-electron chi connectivity index (χ4n) is 4.11. The molecule has 0 atom stereocenters. The van der Waals surface area contributed by atoms with Crippen LogP contribution in [-0.2, 0) is 4.79 Å². The van der Waals surface area contributed by atoms with Crippen LogP contribution in [0.15, 0.2) is 48.5 Å². The molecule has 1 fully saturated rings. The van der Waals surface area contributed by atoms with Gasteiger partial charge in [-0.3, -0.25) is 0 Å². The van der Waals surface area contributed by atoms with E-state index in [0.717, 1.165) is 29.9 Å². The standard InChI is InChI=1S/C26H25Cl2N3O6S/c27-18-6-1-2-7-19(18)30-26(36)31-10-8-15(9-11-31)13-29-17-5-3-4-16(12-17)23-21(28)22(37-14-20(32)33)24(38-23)25(34)35/h1-7,12,15,29H,8-11,13-14H2,(H,30,36)(H,32,33)(H,34,35). The molecule has 4 rings (SSSR count). The van der Waals surface area contributed by atoms with Gasteiger partial charge in [0.1, 0.15) is 5.02 Å². The van der Waals surface area contributed by atoms with Crippen LogP contribution < -0.4 is 15.4 Å². The summed E-state index contributed by atoms with van der Waals surface area (Å²) in [6, 6.07) is 14.3. The number of carbonyl (C=O) groups excluding carboxylic acids is 1. The fourth-order valence-corrected chi connectivity index (χ4v) is 5.70. The molecule has 0 aliphatic carbocycles. The SMILES string of the molecule is O=C(O)COc1c(C(=O)O)sc(-c2cccc(NCC3CCN(C(=O)Nc4ccccc4Cl)CC3)c2)c1Cl. The third-order valence-corrected chi connectivity index (χ3v) is 8.09. The number of carbonyl (C=O) groups is 3. The first-order valence-electron chi connectivity index (χ1n) is 11.8. The monoisotopic (exact) mass is 577 g/mol. The number of para-hydroxylation sites is 1. The minimum Gasteiger partial charge on any atom is -0.479 e. The zero-order chi connectivity index (χ0) is 27.2. The predicted molar refractivity (Wildman–Crippen MR) is 148 cm³/mol. The van der Waals surface area contributed by atoms with E-state index in [1.54, 1.807) is 23.1 Å². The Kier molecular flexibility index (Phi) is 8.98. The molecule has 1 aromatic heterocycles. The highest BCUT2D eigenvalue weighted by molar-refractivity contribution is 7.18. The second-order valence-corrected chi connectivity index (χ2v) is 10.5. The average molecular weight is 578 g/mol. The number of hydrogen-bond acceptors (Lipinski definition) is 6. The summed E-state index contributed by atoms with van der Waals surface area (Å²) in [5.41, 5.74) is 2.10. The maximum Gasteiger partial charge on any atom is 0.349 e. The Labute approximate surface area is 232 Å². The lowest BCUT2D eigenvalue weighted by molar-refractivity contribution is -0.139.